The number of halogens is 3. The maximum absolute atomic E-state index is 14.9. The lowest BCUT2D eigenvalue weighted by Crippen LogP contribution is -2.51. The van der Waals surface area contributed by atoms with Crippen molar-refractivity contribution in [2.75, 3.05) is 13.7 Å². The van der Waals surface area contributed by atoms with Gasteiger partial charge in [0.05, 0.1) is 30.1 Å². The summed E-state index contributed by atoms with van der Waals surface area (Å²) in [4.78, 5) is 38.1. The molecule has 0 radical (unpaired) electrons. The monoisotopic (exact) mass is 566 g/mol. The molecule has 1 aromatic rings. The number of carboxylic acids is 1. The molecule has 2 amide bonds. The molecule has 11 heteroatoms. The number of carbonyl (C=O) groups excluding carboxylic acids is 2. The first kappa shape index (κ1) is 28.5. The van der Waals surface area contributed by atoms with Gasteiger partial charge in [-0.15, -0.1) is 0 Å². The van der Waals surface area contributed by atoms with Gasteiger partial charge in [-0.2, -0.15) is 0 Å². The van der Waals surface area contributed by atoms with Gasteiger partial charge in [-0.3, -0.25) is 14.4 Å². The van der Waals surface area contributed by atoms with Crippen LogP contribution in [0.1, 0.15) is 75.1 Å². The van der Waals surface area contributed by atoms with Crippen LogP contribution < -0.4 is 20.1 Å². The zero-order valence-electron chi connectivity index (χ0n) is 22.8. The SMILES string of the molecule is COc1cc(F)c(O[C@H]2CC[C@@](C)(C(=O)O)CC2)cc1C(=O)N[C@@H]1[C@H]2CC[C@H](C2)[C@@H]1C(=O)NCC1CC(F)(F)C1. The Balaban J connectivity index is 1.26. The van der Waals surface area contributed by atoms with E-state index >= 15 is 0 Å². The standard InChI is InChI=1S/C29H37F3N2O6/c1-28(27(37)38)7-5-18(6-8-28)40-22-10-19(21(39-2)11-20(22)30)25(35)34-24-17-4-3-16(9-17)23(24)26(36)33-14-15-12-29(31,32)13-15/h10-11,15-18,23-24H,3-9,12-14H2,1-2H3,(H,33,36)(H,34,35)(H,37,38)/t16-,17+,18-,23+,24-,28+/m1/s1. The largest absolute Gasteiger partial charge is 0.496 e. The number of fused-ring (bicyclic) bond motifs is 2. The Hall–Kier alpha value is -2.98. The van der Waals surface area contributed by atoms with Crippen molar-refractivity contribution in [2.24, 2.45) is 29.1 Å². The van der Waals surface area contributed by atoms with Crippen LogP contribution in [0.5, 0.6) is 11.5 Å². The number of carboxylic acid groups (broad SMARTS) is 1. The number of alkyl halides is 2. The number of hydrogen-bond acceptors (Lipinski definition) is 5. The highest BCUT2D eigenvalue weighted by Crippen LogP contribution is 2.49. The maximum atomic E-state index is 14.9. The van der Waals surface area contributed by atoms with Gasteiger partial charge >= 0.3 is 5.97 Å². The van der Waals surface area contributed by atoms with Crippen LogP contribution in [-0.4, -0.2) is 54.6 Å². The average Bonchev–Trinajstić information content (AvgIpc) is 3.50. The molecule has 2 bridgehead atoms. The summed E-state index contributed by atoms with van der Waals surface area (Å²) in [5, 5.41) is 15.3. The Labute approximate surface area is 231 Å². The molecule has 3 N–H and O–H groups in total. The molecule has 0 aromatic heterocycles. The predicted molar refractivity (Wildman–Crippen MR) is 138 cm³/mol. The molecule has 0 aliphatic heterocycles. The Morgan fingerprint density at radius 3 is 2.35 bits per heavy atom. The van der Waals surface area contributed by atoms with E-state index in [4.69, 9.17) is 9.47 Å². The van der Waals surface area contributed by atoms with E-state index in [9.17, 15) is 32.7 Å². The van der Waals surface area contributed by atoms with Crippen molar-refractivity contribution in [1.82, 2.24) is 10.6 Å². The molecular formula is C29H37F3N2O6. The number of rotatable bonds is 9. The van der Waals surface area contributed by atoms with E-state index in [-0.39, 0.29) is 66.2 Å². The first-order chi connectivity index (χ1) is 18.9. The quantitative estimate of drug-likeness (QED) is 0.404. The molecule has 4 aliphatic rings. The summed E-state index contributed by atoms with van der Waals surface area (Å²) in [5.41, 5.74) is -0.765. The molecule has 4 atom stereocenters. The van der Waals surface area contributed by atoms with Gasteiger partial charge in [0.1, 0.15) is 5.75 Å². The van der Waals surface area contributed by atoms with E-state index in [0.29, 0.717) is 25.7 Å². The Bertz CT molecular complexity index is 1160. The molecule has 40 heavy (non-hydrogen) atoms. The first-order valence-electron chi connectivity index (χ1n) is 14.1. The molecule has 0 heterocycles. The van der Waals surface area contributed by atoms with Crippen molar-refractivity contribution in [3.8, 4) is 11.5 Å². The van der Waals surface area contributed by atoms with Crippen LogP contribution in [0.3, 0.4) is 0 Å². The second-order valence-corrected chi connectivity index (χ2v) is 12.4. The van der Waals surface area contributed by atoms with Gasteiger partial charge in [-0.1, -0.05) is 0 Å². The maximum Gasteiger partial charge on any atom is 0.309 e. The fourth-order valence-corrected chi connectivity index (χ4v) is 7.11. The number of aliphatic carboxylic acids is 1. The Morgan fingerprint density at radius 2 is 1.73 bits per heavy atom. The van der Waals surface area contributed by atoms with Crippen molar-refractivity contribution < 1.29 is 42.1 Å². The lowest BCUT2D eigenvalue weighted by atomic mass is 9.75. The molecule has 4 aliphatic carbocycles. The molecule has 8 nitrogen and oxygen atoms in total. The van der Waals surface area contributed by atoms with E-state index < -0.39 is 41.0 Å². The minimum atomic E-state index is -2.65. The second-order valence-electron chi connectivity index (χ2n) is 12.4. The number of methoxy groups -OCH3 is 1. The second kappa shape index (κ2) is 10.8. The van der Waals surface area contributed by atoms with E-state index in [2.05, 4.69) is 10.6 Å². The van der Waals surface area contributed by atoms with Crippen LogP contribution in [0.2, 0.25) is 0 Å². The Kier molecular flexibility index (Phi) is 7.69. The predicted octanol–water partition coefficient (Wildman–Crippen LogP) is 4.55. The highest BCUT2D eigenvalue weighted by molar-refractivity contribution is 5.98. The van der Waals surface area contributed by atoms with Gasteiger partial charge in [0.25, 0.3) is 5.91 Å². The summed E-state index contributed by atoms with van der Waals surface area (Å²) in [6.45, 7) is 1.89. The van der Waals surface area contributed by atoms with Gasteiger partial charge in [-0.05, 0) is 75.7 Å². The zero-order valence-corrected chi connectivity index (χ0v) is 22.8. The van der Waals surface area contributed by atoms with E-state index in [1.54, 1.807) is 6.92 Å². The van der Waals surface area contributed by atoms with E-state index in [0.717, 1.165) is 25.3 Å². The number of carbonyl (C=O) groups is 3. The van der Waals surface area contributed by atoms with Crippen molar-refractivity contribution >= 4 is 17.8 Å². The van der Waals surface area contributed by atoms with Gasteiger partial charge in [0, 0.05) is 31.5 Å². The van der Waals surface area contributed by atoms with Crippen molar-refractivity contribution in [2.45, 2.75) is 82.8 Å². The number of nitrogens with one attached hydrogen (secondary N) is 2. The fraction of sp³-hybridized carbons (Fsp3) is 0.690. The third-order valence-electron chi connectivity index (χ3n) is 9.60. The van der Waals surface area contributed by atoms with Gasteiger partial charge in [0.2, 0.25) is 11.8 Å². The van der Waals surface area contributed by atoms with Crippen LogP contribution in [0.4, 0.5) is 13.2 Å². The van der Waals surface area contributed by atoms with Crippen molar-refractivity contribution in [3.05, 3.63) is 23.5 Å². The third kappa shape index (κ3) is 5.61. The van der Waals surface area contributed by atoms with Gasteiger partial charge < -0.3 is 25.2 Å². The van der Waals surface area contributed by atoms with E-state index in [1.807, 2.05) is 0 Å². The lowest BCUT2D eigenvalue weighted by molar-refractivity contribution is -0.150. The number of benzene rings is 1. The highest BCUT2D eigenvalue weighted by atomic mass is 19.3. The Morgan fingerprint density at radius 1 is 1.05 bits per heavy atom. The van der Waals surface area contributed by atoms with E-state index in [1.165, 1.54) is 13.2 Å². The molecule has 0 saturated heterocycles. The molecule has 5 rings (SSSR count). The van der Waals surface area contributed by atoms with Crippen molar-refractivity contribution in [3.63, 3.8) is 0 Å². The van der Waals surface area contributed by atoms with Crippen LogP contribution in [0.15, 0.2) is 12.1 Å². The summed E-state index contributed by atoms with van der Waals surface area (Å²) >= 11 is 0. The van der Waals surface area contributed by atoms with Crippen molar-refractivity contribution in [1.29, 1.82) is 0 Å². The molecule has 1 aromatic carbocycles. The fourth-order valence-electron chi connectivity index (χ4n) is 7.11. The number of amides is 2. The molecule has 4 saturated carbocycles. The topological polar surface area (TPSA) is 114 Å². The smallest absolute Gasteiger partial charge is 0.309 e. The molecule has 4 fully saturated rings. The number of hydrogen-bond donors (Lipinski definition) is 3. The third-order valence-corrected chi connectivity index (χ3v) is 9.60. The minimum Gasteiger partial charge on any atom is -0.496 e. The lowest BCUT2D eigenvalue weighted by Gasteiger charge is -2.36. The molecule has 220 valence electrons. The summed E-state index contributed by atoms with van der Waals surface area (Å²) in [5.74, 6) is -5.52. The summed E-state index contributed by atoms with van der Waals surface area (Å²) < 4.78 is 52.5. The normalized spacial score (nSPS) is 32.7. The zero-order chi connectivity index (χ0) is 28.8. The van der Waals surface area contributed by atoms with Crippen LogP contribution in [-0.2, 0) is 9.59 Å². The molecule has 0 spiro atoms. The average molecular weight is 567 g/mol. The van der Waals surface area contributed by atoms with Crippen LogP contribution >= 0.6 is 0 Å². The summed E-state index contributed by atoms with van der Waals surface area (Å²) in [7, 11) is 1.33. The van der Waals surface area contributed by atoms with Gasteiger partial charge in [-0.25, -0.2) is 13.2 Å². The van der Waals surface area contributed by atoms with Crippen LogP contribution in [0.25, 0.3) is 0 Å². The highest BCUT2D eigenvalue weighted by Gasteiger charge is 2.52. The summed E-state index contributed by atoms with van der Waals surface area (Å²) in [6, 6.07) is 1.96. The number of ether oxygens (including phenoxy) is 2. The summed E-state index contributed by atoms with van der Waals surface area (Å²) in [6.07, 6.45) is 3.39. The first-order valence-corrected chi connectivity index (χ1v) is 14.1. The molecular weight excluding hydrogens is 529 g/mol. The molecule has 0 unspecified atom stereocenters. The minimum absolute atomic E-state index is 0.0273. The van der Waals surface area contributed by atoms with Gasteiger partial charge in [0.15, 0.2) is 11.6 Å². The van der Waals surface area contributed by atoms with Crippen LogP contribution in [0, 0.1) is 34.9 Å².